The van der Waals surface area contributed by atoms with Gasteiger partial charge in [-0.25, -0.2) is 13.1 Å². The van der Waals surface area contributed by atoms with Crippen LogP contribution in [0.4, 0.5) is 18.9 Å². The van der Waals surface area contributed by atoms with Gasteiger partial charge in [0.15, 0.2) is 0 Å². The average Bonchev–Trinajstić information content (AvgIpc) is 2.73. The van der Waals surface area contributed by atoms with Gasteiger partial charge >= 0.3 is 6.36 Å². The molecule has 0 heterocycles. The Balaban J connectivity index is 1.79. The van der Waals surface area contributed by atoms with Crippen molar-refractivity contribution in [1.82, 2.24) is 4.72 Å². The first kappa shape index (κ1) is 25.8. The van der Waals surface area contributed by atoms with E-state index in [1.807, 2.05) is 0 Å². The summed E-state index contributed by atoms with van der Waals surface area (Å²) < 4.78 is 68.1. The lowest BCUT2D eigenvalue weighted by molar-refractivity contribution is -0.274. The van der Waals surface area contributed by atoms with E-state index in [-0.39, 0.29) is 38.2 Å². The van der Waals surface area contributed by atoms with E-state index in [0.717, 1.165) is 6.07 Å². The molecule has 0 saturated heterocycles. The summed E-state index contributed by atoms with van der Waals surface area (Å²) in [5.41, 5.74) is 0.929. The molecule has 0 fully saturated rings. The first-order valence-electron chi connectivity index (χ1n) is 9.56. The molecule has 0 atom stereocenters. The van der Waals surface area contributed by atoms with Gasteiger partial charge in [0.2, 0.25) is 15.9 Å². The predicted molar refractivity (Wildman–Crippen MR) is 124 cm³/mol. The van der Waals surface area contributed by atoms with Gasteiger partial charge in [0, 0.05) is 16.8 Å². The Kier molecular flexibility index (Phi) is 7.77. The van der Waals surface area contributed by atoms with E-state index in [9.17, 15) is 26.4 Å². The topological polar surface area (TPSA) is 84.5 Å². The number of carbonyl (C=O) groups is 1. The molecule has 180 valence electrons. The van der Waals surface area contributed by atoms with Crippen LogP contribution < -0.4 is 14.8 Å². The molecule has 0 aliphatic rings. The first-order valence-corrected chi connectivity index (χ1v) is 11.8. The highest BCUT2D eigenvalue weighted by molar-refractivity contribution is 7.89. The van der Waals surface area contributed by atoms with E-state index in [1.54, 1.807) is 0 Å². The van der Waals surface area contributed by atoms with Crippen molar-refractivity contribution in [3.63, 3.8) is 0 Å². The number of rotatable bonds is 7. The van der Waals surface area contributed by atoms with Crippen LogP contribution in [0.2, 0.25) is 10.0 Å². The lowest BCUT2D eigenvalue weighted by Gasteiger charge is -2.16. The molecule has 3 rings (SSSR count). The highest BCUT2D eigenvalue weighted by Gasteiger charge is 2.32. The van der Waals surface area contributed by atoms with E-state index in [0.29, 0.717) is 5.56 Å². The van der Waals surface area contributed by atoms with Crippen LogP contribution in [-0.4, -0.2) is 27.7 Å². The second kappa shape index (κ2) is 10.2. The van der Waals surface area contributed by atoms with Crippen molar-refractivity contribution in [3.8, 4) is 16.9 Å². The Morgan fingerprint density at radius 3 is 2.15 bits per heavy atom. The van der Waals surface area contributed by atoms with E-state index < -0.39 is 28.0 Å². The molecule has 0 saturated carbocycles. The Morgan fingerprint density at radius 2 is 1.59 bits per heavy atom. The number of para-hydroxylation sites is 1. The van der Waals surface area contributed by atoms with Crippen LogP contribution in [0, 0.1) is 0 Å². The summed E-state index contributed by atoms with van der Waals surface area (Å²) in [6.45, 7) is 0. The minimum atomic E-state index is -4.90. The fraction of sp³-hybridized carbons (Fsp3) is 0.136. The van der Waals surface area contributed by atoms with E-state index in [1.165, 1.54) is 61.6 Å². The lowest BCUT2D eigenvalue weighted by atomic mass is 10.0. The van der Waals surface area contributed by atoms with Gasteiger partial charge in [-0.3, -0.25) is 4.79 Å². The number of sulfonamides is 1. The van der Waals surface area contributed by atoms with Crippen molar-refractivity contribution in [2.75, 3.05) is 12.4 Å². The molecule has 0 aliphatic carbocycles. The molecule has 0 aliphatic heterocycles. The van der Waals surface area contributed by atoms with Gasteiger partial charge in [0.1, 0.15) is 5.75 Å². The van der Waals surface area contributed by atoms with Crippen LogP contribution in [0.15, 0.2) is 65.6 Å². The molecule has 3 aromatic rings. The Morgan fingerprint density at radius 1 is 1.00 bits per heavy atom. The SMILES string of the molecule is CNS(=O)(=O)c1ccc(CC(=O)Nc2cc(Cl)c(-c3ccccc3OC(F)(F)F)c(Cl)c2)cc1. The molecule has 1 amide bonds. The Bertz CT molecular complexity index is 1290. The van der Waals surface area contributed by atoms with Gasteiger partial charge in [0.05, 0.1) is 21.4 Å². The third-order valence-electron chi connectivity index (χ3n) is 4.58. The molecule has 6 nitrogen and oxygen atoms in total. The average molecular weight is 533 g/mol. The summed E-state index contributed by atoms with van der Waals surface area (Å²) in [5.74, 6) is -0.913. The van der Waals surface area contributed by atoms with Crippen molar-refractivity contribution in [2.24, 2.45) is 0 Å². The van der Waals surface area contributed by atoms with E-state index in [2.05, 4.69) is 14.8 Å². The minimum Gasteiger partial charge on any atom is -0.405 e. The highest BCUT2D eigenvalue weighted by atomic mass is 35.5. The molecular formula is C22H17Cl2F3N2O4S. The number of benzene rings is 3. The van der Waals surface area contributed by atoms with E-state index >= 15 is 0 Å². The summed E-state index contributed by atoms with van der Waals surface area (Å²) in [4.78, 5) is 12.5. The molecule has 2 N–H and O–H groups in total. The third-order valence-corrected chi connectivity index (χ3v) is 6.60. The van der Waals surface area contributed by atoms with Crippen molar-refractivity contribution >= 4 is 44.8 Å². The number of carbonyl (C=O) groups excluding carboxylic acids is 1. The van der Waals surface area contributed by atoms with Crippen molar-refractivity contribution in [3.05, 3.63) is 76.3 Å². The Hall–Kier alpha value is -2.79. The van der Waals surface area contributed by atoms with Crippen LogP contribution in [-0.2, 0) is 21.2 Å². The molecule has 0 radical (unpaired) electrons. The zero-order chi connectivity index (χ0) is 25.1. The molecule has 0 unspecified atom stereocenters. The van der Waals surface area contributed by atoms with Crippen LogP contribution in [0.1, 0.15) is 5.56 Å². The quantitative estimate of drug-likeness (QED) is 0.411. The predicted octanol–water partition coefficient (Wildman–Crippen LogP) is 5.65. The number of amides is 1. The third kappa shape index (κ3) is 6.41. The molecule has 0 spiro atoms. The number of nitrogens with one attached hydrogen (secondary N) is 2. The maximum Gasteiger partial charge on any atom is 0.573 e. The minimum absolute atomic E-state index is 0.00245. The summed E-state index contributed by atoms with van der Waals surface area (Å²) in [6, 6.07) is 13.9. The molecular weight excluding hydrogens is 516 g/mol. The number of ether oxygens (including phenoxy) is 1. The number of hydrogen-bond acceptors (Lipinski definition) is 4. The molecule has 3 aromatic carbocycles. The van der Waals surface area contributed by atoms with Crippen molar-refractivity contribution < 1.29 is 31.1 Å². The monoisotopic (exact) mass is 532 g/mol. The second-order valence-electron chi connectivity index (χ2n) is 6.94. The lowest BCUT2D eigenvalue weighted by Crippen LogP contribution is -2.18. The Labute approximate surface area is 203 Å². The van der Waals surface area contributed by atoms with Gasteiger partial charge in [0.25, 0.3) is 0 Å². The van der Waals surface area contributed by atoms with Gasteiger partial charge in [-0.2, -0.15) is 0 Å². The first-order chi connectivity index (χ1) is 15.9. The zero-order valence-corrected chi connectivity index (χ0v) is 19.7. The van der Waals surface area contributed by atoms with Crippen molar-refractivity contribution in [1.29, 1.82) is 0 Å². The second-order valence-corrected chi connectivity index (χ2v) is 9.64. The normalized spacial score (nSPS) is 11.8. The number of alkyl halides is 3. The molecule has 0 aromatic heterocycles. The van der Waals surface area contributed by atoms with Crippen LogP contribution in [0.5, 0.6) is 5.75 Å². The number of halogens is 5. The van der Waals surface area contributed by atoms with Crippen LogP contribution >= 0.6 is 23.2 Å². The van der Waals surface area contributed by atoms with Crippen LogP contribution in [0.3, 0.4) is 0 Å². The number of hydrogen-bond donors (Lipinski definition) is 2. The van der Waals surface area contributed by atoms with Gasteiger partial charge in [-0.15, -0.1) is 13.2 Å². The fourth-order valence-corrected chi connectivity index (χ4v) is 4.51. The molecule has 0 bridgehead atoms. The zero-order valence-electron chi connectivity index (χ0n) is 17.4. The smallest absolute Gasteiger partial charge is 0.405 e. The molecule has 12 heteroatoms. The van der Waals surface area contributed by atoms with Gasteiger partial charge < -0.3 is 10.1 Å². The largest absolute Gasteiger partial charge is 0.573 e. The maximum atomic E-state index is 12.8. The highest BCUT2D eigenvalue weighted by Crippen LogP contribution is 2.42. The van der Waals surface area contributed by atoms with Crippen LogP contribution in [0.25, 0.3) is 11.1 Å². The number of anilines is 1. The summed E-state index contributed by atoms with van der Waals surface area (Å²) in [5, 5.41) is 2.61. The summed E-state index contributed by atoms with van der Waals surface area (Å²) in [6.07, 6.45) is -4.97. The fourth-order valence-electron chi connectivity index (χ4n) is 3.08. The maximum absolute atomic E-state index is 12.8. The standard InChI is InChI=1S/C22H17Cl2F3N2O4S/c1-28-34(31,32)15-8-6-13(7-9-15)10-20(30)29-14-11-17(23)21(18(24)12-14)16-4-2-3-5-19(16)33-22(25,26)27/h2-9,11-12,28H,10H2,1H3,(H,29,30). The van der Waals surface area contributed by atoms with E-state index in [4.69, 9.17) is 23.2 Å². The van der Waals surface area contributed by atoms with Crippen molar-refractivity contribution in [2.45, 2.75) is 17.7 Å². The van der Waals surface area contributed by atoms with Gasteiger partial charge in [-0.05, 0) is 42.9 Å². The summed E-state index contributed by atoms with van der Waals surface area (Å²) in [7, 11) is -2.30. The molecule has 34 heavy (non-hydrogen) atoms. The summed E-state index contributed by atoms with van der Waals surface area (Å²) >= 11 is 12.6. The van der Waals surface area contributed by atoms with Gasteiger partial charge in [-0.1, -0.05) is 53.5 Å².